The Hall–Kier alpha value is -3.84. The van der Waals surface area contributed by atoms with Gasteiger partial charge in [0.15, 0.2) is 5.69 Å². The van der Waals surface area contributed by atoms with Gasteiger partial charge in [-0.25, -0.2) is 0 Å². The smallest absolute Gasteiger partial charge is 0.276 e. The maximum atomic E-state index is 13.5. The maximum Gasteiger partial charge on any atom is 0.276 e. The number of anilines is 1. The molecular weight excluding hydrogens is 474 g/mol. The Balaban J connectivity index is 1.51. The molecule has 2 N–H and O–H groups in total. The highest BCUT2D eigenvalue weighted by Gasteiger charge is 2.34. The molecule has 0 aliphatic carbocycles. The summed E-state index contributed by atoms with van der Waals surface area (Å²) in [5.41, 5.74) is 6.44. The largest absolute Gasteiger partial charge is 0.357 e. The third-order valence-electron chi connectivity index (χ3n) is 6.60. The quantitative estimate of drug-likeness (QED) is 0.376. The molecule has 1 atom stereocenters. The van der Waals surface area contributed by atoms with Crippen LogP contribution in [-0.4, -0.2) is 38.0 Å². The van der Waals surface area contributed by atoms with E-state index >= 15 is 0 Å². The Kier molecular flexibility index (Phi) is 6.41. The van der Waals surface area contributed by atoms with E-state index in [9.17, 15) is 9.59 Å². The highest BCUT2D eigenvalue weighted by Crippen LogP contribution is 2.32. The molecule has 0 saturated heterocycles. The molecule has 5 rings (SSSR count). The number of nitrogens with one attached hydrogen (secondary N) is 2. The van der Waals surface area contributed by atoms with Gasteiger partial charge in [-0.3, -0.25) is 14.3 Å². The molecule has 0 bridgehead atoms. The first-order valence-corrected chi connectivity index (χ1v) is 12.3. The zero-order valence-corrected chi connectivity index (χ0v) is 21.3. The first-order chi connectivity index (χ1) is 17.3. The molecule has 2 aromatic heterocycles. The van der Waals surface area contributed by atoms with E-state index in [2.05, 4.69) is 48.4 Å². The monoisotopic (exact) mass is 501 g/mol. The summed E-state index contributed by atoms with van der Waals surface area (Å²) in [5, 5.41) is 8.39. The molecule has 1 aliphatic rings. The number of carbonyl (C=O) groups is 2. The van der Waals surface area contributed by atoms with Crippen molar-refractivity contribution in [3.05, 3.63) is 105 Å². The predicted molar refractivity (Wildman–Crippen MR) is 141 cm³/mol. The van der Waals surface area contributed by atoms with Crippen molar-refractivity contribution in [2.24, 2.45) is 0 Å². The van der Waals surface area contributed by atoms with Gasteiger partial charge in [0, 0.05) is 40.6 Å². The Bertz CT molecular complexity index is 1420. The van der Waals surface area contributed by atoms with Crippen LogP contribution in [0.25, 0.3) is 0 Å². The Morgan fingerprint density at radius 3 is 2.61 bits per heavy atom. The van der Waals surface area contributed by atoms with Crippen molar-refractivity contribution < 1.29 is 9.59 Å². The fraction of sp³-hybridized carbons (Fsp3) is 0.250. The van der Waals surface area contributed by atoms with E-state index in [1.807, 2.05) is 17.7 Å². The van der Waals surface area contributed by atoms with Crippen LogP contribution in [0.1, 0.15) is 61.8 Å². The van der Waals surface area contributed by atoms with Gasteiger partial charge in [0.25, 0.3) is 11.8 Å². The van der Waals surface area contributed by atoms with Gasteiger partial charge in [-0.05, 0) is 55.3 Å². The number of aryl methyl sites for hydroxylation is 2. The summed E-state index contributed by atoms with van der Waals surface area (Å²) in [6.45, 7) is 7.42. The van der Waals surface area contributed by atoms with Crippen LogP contribution in [0.15, 0.2) is 60.8 Å². The summed E-state index contributed by atoms with van der Waals surface area (Å²) in [4.78, 5) is 31.4. The number of hydrogen-bond donors (Lipinski definition) is 2. The van der Waals surface area contributed by atoms with E-state index < -0.39 is 0 Å². The lowest BCUT2D eigenvalue weighted by molar-refractivity contribution is 0.0711. The minimum atomic E-state index is -0.308. The van der Waals surface area contributed by atoms with E-state index in [1.165, 1.54) is 5.56 Å². The number of amides is 2. The molecule has 0 spiro atoms. The third kappa shape index (κ3) is 4.66. The van der Waals surface area contributed by atoms with Crippen LogP contribution < -0.4 is 5.32 Å². The van der Waals surface area contributed by atoms with Crippen LogP contribution in [0.3, 0.4) is 0 Å². The fourth-order valence-electron chi connectivity index (χ4n) is 4.76. The summed E-state index contributed by atoms with van der Waals surface area (Å²) >= 11 is 6.15. The summed E-state index contributed by atoms with van der Waals surface area (Å²) in [5.74, 6) is -0.398. The average molecular weight is 502 g/mol. The second kappa shape index (κ2) is 9.66. The van der Waals surface area contributed by atoms with Gasteiger partial charge >= 0.3 is 0 Å². The normalized spacial score (nSPS) is 15.0. The zero-order chi connectivity index (χ0) is 25.4. The fourth-order valence-corrected chi connectivity index (χ4v) is 4.88. The number of H-pyrrole nitrogens is 1. The number of fused-ring (bicyclic) bond motifs is 1. The number of hydrogen-bond acceptors (Lipinski definition) is 3. The molecule has 4 aromatic rings. The van der Waals surface area contributed by atoms with E-state index in [0.29, 0.717) is 41.7 Å². The zero-order valence-electron chi connectivity index (χ0n) is 20.5. The van der Waals surface area contributed by atoms with E-state index in [4.69, 9.17) is 16.7 Å². The van der Waals surface area contributed by atoms with Gasteiger partial charge in [-0.1, -0.05) is 48.4 Å². The minimum Gasteiger partial charge on any atom is -0.357 e. The second-order valence-corrected chi connectivity index (χ2v) is 9.85. The summed E-state index contributed by atoms with van der Waals surface area (Å²) in [6, 6.07) is 17.2. The number of aromatic amines is 1. The van der Waals surface area contributed by atoms with Crippen LogP contribution in [0.4, 0.5) is 5.69 Å². The molecule has 36 heavy (non-hydrogen) atoms. The molecular formula is C28H28ClN5O2. The van der Waals surface area contributed by atoms with E-state index in [0.717, 1.165) is 22.4 Å². The van der Waals surface area contributed by atoms with Gasteiger partial charge in [0.1, 0.15) is 5.69 Å². The average Bonchev–Trinajstić information content (AvgIpc) is 3.51. The number of rotatable bonds is 5. The lowest BCUT2D eigenvalue weighted by atomic mass is 9.95. The van der Waals surface area contributed by atoms with Crippen molar-refractivity contribution in [1.82, 2.24) is 19.7 Å². The summed E-state index contributed by atoms with van der Waals surface area (Å²) in [6.07, 6.45) is 1.73. The van der Waals surface area contributed by atoms with Gasteiger partial charge in [-0.15, -0.1) is 0 Å². The lowest BCUT2D eigenvalue weighted by Gasteiger charge is -2.32. The molecule has 8 heteroatoms. The van der Waals surface area contributed by atoms with Gasteiger partial charge in [0.2, 0.25) is 0 Å². The van der Waals surface area contributed by atoms with E-state index in [-0.39, 0.29) is 17.7 Å². The molecule has 3 heterocycles. The van der Waals surface area contributed by atoms with Crippen molar-refractivity contribution in [1.29, 1.82) is 0 Å². The van der Waals surface area contributed by atoms with Crippen molar-refractivity contribution in [2.45, 2.75) is 39.8 Å². The molecule has 0 saturated carbocycles. The molecule has 0 fully saturated rings. The first kappa shape index (κ1) is 23.9. The topological polar surface area (TPSA) is 83.0 Å². The van der Waals surface area contributed by atoms with Crippen LogP contribution in [0.2, 0.25) is 5.02 Å². The van der Waals surface area contributed by atoms with Crippen molar-refractivity contribution >= 4 is 29.1 Å². The van der Waals surface area contributed by atoms with Crippen LogP contribution in [-0.2, 0) is 13.1 Å². The predicted octanol–water partition coefficient (Wildman–Crippen LogP) is 5.54. The number of carbonyl (C=O) groups excluding carboxylic acids is 2. The molecule has 1 aliphatic heterocycles. The number of benzene rings is 2. The molecule has 7 nitrogen and oxygen atoms in total. The molecule has 2 amide bonds. The lowest BCUT2D eigenvalue weighted by Crippen LogP contribution is -2.38. The molecule has 184 valence electrons. The van der Waals surface area contributed by atoms with Gasteiger partial charge in [-0.2, -0.15) is 5.10 Å². The van der Waals surface area contributed by atoms with Crippen LogP contribution in [0.5, 0.6) is 0 Å². The standard InChI is InChI=1S/C28H28ClN5O2/c1-17-6-8-20(9-7-17)15-34-26-19(3)14-33(28(36)24-5-4-12-30-24)16-22(26)25(32-34)27(35)31-21-10-11-23(29)18(2)13-21/h4-13,19,30H,14-16H2,1-3H3,(H,31,35). The van der Waals surface area contributed by atoms with Crippen LogP contribution in [0, 0.1) is 13.8 Å². The van der Waals surface area contributed by atoms with Gasteiger partial charge < -0.3 is 15.2 Å². The first-order valence-electron chi connectivity index (χ1n) is 12.0. The Morgan fingerprint density at radius 1 is 1.14 bits per heavy atom. The van der Waals surface area contributed by atoms with E-state index in [1.54, 1.807) is 35.4 Å². The van der Waals surface area contributed by atoms with Crippen LogP contribution >= 0.6 is 11.6 Å². The maximum absolute atomic E-state index is 13.5. The SMILES string of the molecule is Cc1ccc(Cn2nc(C(=O)Nc3ccc(Cl)c(C)c3)c3c2C(C)CN(C(=O)c2ccc[nH]2)C3)cc1. The van der Waals surface area contributed by atoms with Gasteiger partial charge in [0.05, 0.1) is 13.1 Å². The highest BCUT2D eigenvalue weighted by molar-refractivity contribution is 6.31. The van der Waals surface area contributed by atoms with Crippen molar-refractivity contribution in [2.75, 3.05) is 11.9 Å². The molecule has 2 aromatic carbocycles. The Labute approximate surface area is 215 Å². The second-order valence-electron chi connectivity index (χ2n) is 9.44. The summed E-state index contributed by atoms with van der Waals surface area (Å²) < 4.78 is 1.92. The summed E-state index contributed by atoms with van der Waals surface area (Å²) in [7, 11) is 0. The number of halogens is 1. The minimum absolute atomic E-state index is 0.00457. The third-order valence-corrected chi connectivity index (χ3v) is 7.03. The highest BCUT2D eigenvalue weighted by atomic mass is 35.5. The number of aromatic nitrogens is 3. The molecule has 0 radical (unpaired) electrons. The van der Waals surface area contributed by atoms with Crippen molar-refractivity contribution in [3.8, 4) is 0 Å². The number of nitrogens with zero attached hydrogens (tertiary/aromatic N) is 3. The van der Waals surface area contributed by atoms with Crippen molar-refractivity contribution in [3.63, 3.8) is 0 Å². The molecule has 1 unspecified atom stereocenters. The Morgan fingerprint density at radius 2 is 1.92 bits per heavy atom.